The molecule has 2 N–H and O–H groups in total. The third kappa shape index (κ3) is 6.31. The van der Waals surface area contributed by atoms with Crippen LogP contribution in [-0.4, -0.2) is 35.6 Å². The van der Waals surface area contributed by atoms with Crippen LogP contribution in [0.3, 0.4) is 0 Å². The van der Waals surface area contributed by atoms with E-state index in [2.05, 4.69) is 36.7 Å². The SMILES string of the molecule is CCOC(=O)COc1ccc2c(c1)/C(=N/NC(=S)Nc1ccc(C)c(C)c1)CC1(CCCCC1)O2. The van der Waals surface area contributed by atoms with Gasteiger partial charge in [0.05, 0.1) is 12.3 Å². The van der Waals surface area contributed by atoms with E-state index in [4.69, 9.17) is 31.5 Å². The molecule has 4 rings (SSSR count). The molecular weight excluding hydrogens is 462 g/mol. The minimum Gasteiger partial charge on any atom is -0.486 e. The van der Waals surface area contributed by atoms with Crippen molar-refractivity contribution in [3.05, 3.63) is 53.1 Å². The predicted molar refractivity (Wildman–Crippen MR) is 141 cm³/mol. The molecule has 1 aliphatic carbocycles. The summed E-state index contributed by atoms with van der Waals surface area (Å²) in [6.45, 7) is 6.09. The Balaban J connectivity index is 1.54. The van der Waals surface area contributed by atoms with E-state index < -0.39 is 5.97 Å². The number of hydrogen-bond acceptors (Lipinski definition) is 6. The zero-order valence-corrected chi connectivity index (χ0v) is 21.4. The molecule has 0 aromatic heterocycles. The Morgan fingerprint density at radius 3 is 2.66 bits per heavy atom. The summed E-state index contributed by atoms with van der Waals surface area (Å²) in [5, 5.41) is 8.34. The zero-order valence-electron chi connectivity index (χ0n) is 20.6. The van der Waals surface area contributed by atoms with Crippen molar-refractivity contribution in [2.45, 2.75) is 64.9 Å². The van der Waals surface area contributed by atoms with Crippen LogP contribution in [0.15, 0.2) is 41.5 Å². The van der Waals surface area contributed by atoms with Gasteiger partial charge in [-0.3, -0.25) is 5.43 Å². The van der Waals surface area contributed by atoms with Gasteiger partial charge >= 0.3 is 5.97 Å². The molecule has 0 amide bonds. The second-order valence-corrected chi connectivity index (χ2v) is 9.61. The number of carbonyl (C=O) groups excluding carboxylic acids is 1. The van der Waals surface area contributed by atoms with Crippen molar-refractivity contribution in [3.8, 4) is 11.5 Å². The highest BCUT2D eigenvalue weighted by Crippen LogP contribution is 2.43. The number of ether oxygens (including phenoxy) is 3. The Labute approximate surface area is 212 Å². The topological polar surface area (TPSA) is 81.2 Å². The summed E-state index contributed by atoms with van der Waals surface area (Å²) in [5.41, 5.74) is 7.81. The van der Waals surface area contributed by atoms with Gasteiger partial charge in [-0.1, -0.05) is 12.5 Å². The molecule has 0 saturated heterocycles. The maximum atomic E-state index is 11.7. The van der Waals surface area contributed by atoms with Crippen molar-refractivity contribution >= 4 is 34.7 Å². The van der Waals surface area contributed by atoms with Gasteiger partial charge in [-0.15, -0.1) is 0 Å². The number of benzene rings is 2. The summed E-state index contributed by atoms with van der Waals surface area (Å²) >= 11 is 5.51. The summed E-state index contributed by atoms with van der Waals surface area (Å²) in [6, 6.07) is 11.7. The second-order valence-electron chi connectivity index (χ2n) is 9.20. The van der Waals surface area contributed by atoms with Crippen molar-refractivity contribution in [1.82, 2.24) is 5.43 Å². The highest BCUT2D eigenvalue weighted by Gasteiger charge is 2.40. The molecule has 8 heteroatoms. The largest absolute Gasteiger partial charge is 0.486 e. The van der Waals surface area contributed by atoms with E-state index in [9.17, 15) is 4.79 Å². The van der Waals surface area contributed by atoms with Crippen molar-refractivity contribution in [3.63, 3.8) is 0 Å². The Kier molecular flexibility index (Phi) is 7.90. The van der Waals surface area contributed by atoms with Gasteiger partial charge in [-0.25, -0.2) is 4.79 Å². The molecule has 1 aliphatic heterocycles. The molecular formula is C27H33N3O4S. The number of esters is 1. The van der Waals surface area contributed by atoms with E-state index >= 15 is 0 Å². The number of anilines is 1. The molecule has 186 valence electrons. The van der Waals surface area contributed by atoms with Crippen LogP contribution in [0.25, 0.3) is 0 Å². The van der Waals surface area contributed by atoms with E-state index in [0.29, 0.717) is 23.9 Å². The van der Waals surface area contributed by atoms with Crippen molar-refractivity contribution < 1.29 is 19.0 Å². The lowest BCUT2D eigenvalue weighted by molar-refractivity contribution is -0.145. The predicted octanol–water partition coefficient (Wildman–Crippen LogP) is 5.42. The third-order valence-electron chi connectivity index (χ3n) is 6.56. The van der Waals surface area contributed by atoms with Crippen LogP contribution in [0.1, 0.15) is 62.1 Å². The van der Waals surface area contributed by atoms with Gasteiger partial charge in [-0.05, 0) is 100 Å². The molecule has 2 aromatic carbocycles. The van der Waals surface area contributed by atoms with Crippen molar-refractivity contribution in [2.75, 3.05) is 18.5 Å². The lowest BCUT2D eigenvalue weighted by atomic mass is 9.78. The van der Waals surface area contributed by atoms with E-state index in [0.717, 1.165) is 48.4 Å². The molecule has 0 unspecified atom stereocenters. The van der Waals surface area contributed by atoms with Gasteiger partial charge in [0.2, 0.25) is 0 Å². The number of thiocarbonyl (C=S) groups is 1. The first-order valence-electron chi connectivity index (χ1n) is 12.2. The van der Waals surface area contributed by atoms with Gasteiger partial charge < -0.3 is 19.5 Å². The molecule has 1 heterocycles. The van der Waals surface area contributed by atoms with Gasteiger partial charge in [-0.2, -0.15) is 5.10 Å². The molecule has 7 nitrogen and oxygen atoms in total. The first-order valence-corrected chi connectivity index (χ1v) is 12.6. The van der Waals surface area contributed by atoms with E-state index in [1.165, 1.54) is 17.5 Å². The Morgan fingerprint density at radius 2 is 1.91 bits per heavy atom. The van der Waals surface area contributed by atoms with Crippen molar-refractivity contribution in [2.24, 2.45) is 5.10 Å². The molecule has 2 aromatic rings. The monoisotopic (exact) mass is 495 g/mol. The van der Waals surface area contributed by atoms with E-state index in [1.807, 2.05) is 24.3 Å². The smallest absolute Gasteiger partial charge is 0.344 e. The van der Waals surface area contributed by atoms with Crippen LogP contribution < -0.4 is 20.2 Å². The average molecular weight is 496 g/mol. The normalized spacial score (nSPS) is 17.3. The van der Waals surface area contributed by atoms with Crippen LogP contribution in [0.4, 0.5) is 5.69 Å². The van der Waals surface area contributed by atoms with Gasteiger partial charge in [0.25, 0.3) is 0 Å². The fraction of sp³-hybridized carbons (Fsp3) is 0.444. The fourth-order valence-electron chi connectivity index (χ4n) is 4.60. The van der Waals surface area contributed by atoms with Gasteiger partial charge in [0.1, 0.15) is 17.1 Å². The van der Waals surface area contributed by atoms with E-state index in [-0.39, 0.29) is 12.2 Å². The van der Waals surface area contributed by atoms with Crippen LogP contribution in [0, 0.1) is 13.8 Å². The maximum absolute atomic E-state index is 11.7. The Hall–Kier alpha value is -3.13. The van der Waals surface area contributed by atoms with Gasteiger partial charge in [0.15, 0.2) is 11.7 Å². The number of nitrogens with one attached hydrogen (secondary N) is 2. The average Bonchev–Trinajstić information content (AvgIpc) is 2.84. The minimum absolute atomic E-state index is 0.147. The minimum atomic E-state index is -0.402. The lowest BCUT2D eigenvalue weighted by Gasteiger charge is -2.41. The summed E-state index contributed by atoms with van der Waals surface area (Å²) in [6.07, 6.45) is 6.19. The highest BCUT2D eigenvalue weighted by molar-refractivity contribution is 7.80. The molecule has 35 heavy (non-hydrogen) atoms. The Morgan fingerprint density at radius 1 is 1.11 bits per heavy atom. The summed E-state index contributed by atoms with van der Waals surface area (Å²) in [7, 11) is 0. The zero-order chi connectivity index (χ0) is 24.8. The standard InChI is InChI=1S/C27H33N3O4S/c1-4-32-25(31)17-33-21-10-11-24-22(15-21)23(16-27(34-24)12-6-5-7-13-27)29-30-26(35)28-20-9-8-18(2)19(3)14-20/h8-11,14-15H,4-7,12-13,16-17H2,1-3H3,(H2,28,30,35)/b29-23+. The molecule has 0 bridgehead atoms. The van der Waals surface area contributed by atoms with Crippen LogP contribution >= 0.6 is 12.2 Å². The highest BCUT2D eigenvalue weighted by atomic mass is 32.1. The van der Waals surface area contributed by atoms with Crippen molar-refractivity contribution in [1.29, 1.82) is 0 Å². The molecule has 1 spiro atoms. The molecule has 1 saturated carbocycles. The Bertz CT molecular complexity index is 1130. The van der Waals surface area contributed by atoms with Crippen LogP contribution in [0.2, 0.25) is 0 Å². The maximum Gasteiger partial charge on any atom is 0.344 e. The van der Waals surface area contributed by atoms with Crippen LogP contribution in [0.5, 0.6) is 11.5 Å². The number of aryl methyl sites for hydroxylation is 2. The summed E-state index contributed by atoms with van der Waals surface area (Å²) in [4.78, 5) is 11.7. The summed E-state index contributed by atoms with van der Waals surface area (Å²) < 4.78 is 17.1. The molecule has 2 aliphatic rings. The van der Waals surface area contributed by atoms with Gasteiger partial charge in [0, 0.05) is 17.7 Å². The molecule has 0 atom stereocenters. The molecule has 1 fully saturated rings. The number of rotatable bonds is 6. The first kappa shape index (κ1) is 25.0. The number of hydrazone groups is 1. The molecule has 0 radical (unpaired) electrons. The fourth-order valence-corrected chi connectivity index (χ4v) is 4.76. The number of hydrogen-bond donors (Lipinski definition) is 2. The number of carbonyl (C=O) groups is 1. The van der Waals surface area contributed by atoms with Crippen LogP contribution in [-0.2, 0) is 9.53 Å². The lowest BCUT2D eigenvalue weighted by Crippen LogP contribution is -2.44. The van der Waals surface area contributed by atoms with E-state index in [1.54, 1.807) is 6.92 Å². The third-order valence-corrected chi connectivity index (χ3v) is 6.76. The summed E-state index contributed by atoms with van der Waals surface area (Å²) in [5.74, 6) is 0.930. The number of nitrogens with zero attached hydrogens (tertiary/aromatic N) is 1. The quantitative estimate of drug-likeness (QED) is 0.315. The second kappa shape index (κ2) is 11.1. The number of fused-ring (bicyclic) bond motifs is 1. The first-order chi connectivity index (χ1) is 16.9.